The van der Waals surface area contributed by atoms with Gasteiger partial charge in [-0.15, -0.1) is 0 Å². The lowest BCUT2D eigenvalue weighted by Gasteiger charge is -2.11. The minimum atomic E-state index is -3.75. The van der Waals surface area contributed by atoms with Crippen molar-refractivity contribution in [3.05, 3.63) is 72.9 Å². The number of rotatable bonds is 5. The van der Waals surface area contributed by atoms with Crippen LogP contribution in [0.1, 0.15) is 0 Å². The van der Waals surface area contributed by atoms with Gasteiger partial charge < -0.3 is 10.5 Å². The smallest absolute Gasteiger partial charge is 0.268 e. The lowest BCUT2D eigenvalue weighted by atomic mass is 10.1. The van der Waals surface area contributed by atoms with E-state index in [-0.39, 0.29) is 4.90 Å². The third-order valence-corrected chi connectivity index (χ3v) is 6.07. The topological polar surface area (TPSA) is 74.3 Å². The fraction of sp³-hybridized carbons (Fsp3) is 0.100. The second-order valence-corrected chi connectivity index (χ2v) is 7.70. The molecular weight excluding hydrogens is 348 g/mol. The highest BCUT2D eigenvalue weighted by Crippen LogP contribution is 2.31. The molecule has 0 spiro atoms. The van der Waals surface area contributed by atoms with E-state index in [4.69, 9.17) is 10.5 Å². The number of aromatic nitrogens is 1. The van der Waals surface area contributed by atoms with Crippen LogP contribution in [0.25, 0.3) is 21.7 Å². The molecular formula is C20H18N2O3S. The standard InChI is InChI=1S/C20H18N2O3S/c21-12-14-25-19-9-4-8-18-17(19)11-13-22(18)26(23,24)20-10-3-6-15-5-1-2-7-16(15)20/h1-11,13H,12,14,21H2. The van der Waals surface area contributed by atoms with Crippen LogP contribution in [-0.2, 0) is 10.0 Å². The van der Waals surface area contributed by atoms with Crippen molar-refractivity contribution in [1.29, 1.82) is 0 Å². The number of hydrogen-bond donors (Lipinski definition) is 1. The molecule has 0 saturated heterocycles. The summed E-state index contributed by atoms with van der Waals surface area (Å²) in [5.74, 6) is 0.625. The second-order valence-electron chi connectivity index (χ2n) is 5.92. The highest BCUT2D eigenvalue weighted by molar-refractivity contribution is 7.90. The molecule has 4 aromatic rings. The van der Waals surface area contributed by atoms with E-state index in [0.29, 0.717) is 29.8 Å². The molecule has 0 atom stereocenters. The van der Waals surface area contributed by atoms with E-state index < -0.39 is 10.0 Å². The van der Waals surface area contributed by atoms with Gasteiger partial charge in [0.05, 0.1) is 10.4 Å². The van der Waals surface area contributed by atoms with E-state index in [1.54, 1.807) is 36.5 Å². The Morgan fingerprint density at radius 2 is 1.65 bits per heavy atom. The quantitative estimate of drug-likeness (QED) is 0.588. The van der Waals surface area contributed by atoms with Crippen LogP contribution < -0.4 is 10.5 Å². The van der Waals surface area contributed by atoms with Gasteiger partial charge in [-0.1, -0.05) is 42.5 Å². The first-order chi connectivity index (χ1) is 12.6. The Morgan fingerprint density at radius 3 is 2.50 bits per heavy atom. The zero-order chi connectivity index (χ0) is 18.1. The van der Waals surface area contributed by atoms with Gasteiger partial charge in [0, 0.05) is 23.5 Å². The summed E-state index contributed by atoms with van der Waals surface area (Å²) in [5.41, 5.74) is 6.07. The lowest BCUT2D eigenvalue weighted by Crippen LogP contribution is -2.12. The van der Waals surface area contributed by atoms with Gasteiger partial charge in [0.25, 0.3) is 10.0 Å². The first kappa shape index (κ1) is 16.6. The molecule has 3 aromatic carbocycles. The molecule has 0 aliphatic carbocycles. The summed E-state index contributed by atoms with van der Waals surface area (Å²) in [6.07, 6.45) is 1.57. The molecule has 0 bridgehead atoms. The third kappa shape index (κ3) is 2.64. The molecule has 26 heavy (non-hydrogen) atoms. The molecule has 0 radical (unpaired) electrons. The van der Waals surface area contributed by atoms with Crippen LogP contribution in [0.15, 0.2) is 77.8 Å². The summed E-state index contributed by atoms with van der Waals surface area (Å²) < 4.78 is 33.6. The van der Waals surface area contributed by atoms with Crippen molar-refractivity contribution >= 4 is 31.7 Å². The number of fused-ring (bicyclic) bond motifs is 2. The monoisotopic (exact) mass is 366 g/mol. The Kier molecular flexibility index (Phi) is 4.14. The van der Waals surface area contributed by atoms with Crippen molar-refractivity contribution in [1.82, 2.24) is 3.97 Å². The number of ether oxygens (including phenoxy) is 1. The highest BCUT2D eigenvalue weighted by Gasteiger charge is 2.22. The maximum Gasteiger partial charge on any atom is 0.268 e. The Labute approximate surface area is 151 Å². The van der Waals surface area contributed by atoms with Gasteiger partial charge in [0.15, 0.2) is 0 Å². The third-order valence-electron chi connectivity index (χ3n) is 4.32. The van der Waals surface area contributed by atoms with Gasteiger partial charge >= 0.3 is 0 Å². The van der Waals surface area contributed by atoms with Crippen molar-refractivity contribution in [3.63, 3.8) is 0 Å². The molecule has 4 rings (SSSR count). The minimum absolute atomic E-state index is 0.279. The zero-order valence-electron chi connectivity index (χ0n) is 14.0. The molecule has 1 heterocycles. The summed E-state index contributed by atoms with van der Waals surface area (Å²) in [6.45, 7) is 0.770. The maximum absolute atomic E-state index is 13.4. The summed E-state index contributed by atoms with van der Waals surface area (Å²) in [5, 5.41) is 2.33. The van der Waals surface area contributed by atoms with Crippen molar-refractivity contribution in [2.24, 2.45) is 5.73 Å². The lowest BCUT2D eigenvalue weighted by molar-refractivity contribution is 0.332. The summed E-state index contributed by atoms with van der Waals surface area (Å²) >= 11 is 0. The van der Waals surface area contributed by atoms with Crippen LogP contribution in [0.3, 0.4) is 0 Å². The molecule has 0 unspecified atom stereocenters. The highest BCUT2D eigenvalue weighted by atomic mass is 32.2. The second kappa shape index (κ2) is 6.48. The predicted octanol–water partition coefficient (Wildman–Crippen LogP) is 3.37. The Morgan fingerprint density at radius 1 is 0.885 bits per heavy atom. The van der Waals surface area contributed by atoms with Gasteiger partial charge in [0.1, 0.15) is 12.4 Å². The first-order valence-corrected chi connectivity index (χ1v) is 9.73. The summed E-state index contributed by atoms with van der Waals surface area (Å²) in [4.78, 5) is 0.279. The van der Waals surface area contributed by atoms with Crippen LogP contribution >= 0.6 is 0 Å². The van der Waals surface area contributed by atoms with E-state index in [9.17, 15) is 8.42 Å². The van der Waals surface area contributed by atoms with Crippen LogP contribution in [0.2, 0.25) is 0 Å². The van der Waals surface area contributed by atoms with Crippen LogP contribution in [-0.4, -0.2) is 25.5 Å². The van der Waals surface area contributed by atoms with E-state index in [1.807, 2.05) is 36.4 Å². The van der Waals surface area contributed by atoms with Crippen molar-refractivity contribution < 1.29 is 13.2 Å². The minimum Gasteiger partial charge on any atom is -0.492 e. The molecule has 0 aliphatic rings. The van der Waals surface area contributed by atoms with Gasteiger partial charge in [-0.25, -0.2) is 12.4 Å². The molecule has 2 N–H and O–H groups in total. The largest absolute Gasteiger partial charge is 0.492 e. The molecule has 0 amide bonds. The van der Waals surface area contributed by atoms with E-state index in [2.05, 4.69) is 0 Å². The Bertz CT molecular complexity index is 1190. The normalized spacial score (nSPS) is 11.9. The molecule has 0 saturated carbocycles. The molecule has 6 heteroatoms. The van der Waals surface area contributed by atoms with Gasteiger partial charge in [0.2, 0.25) is 0 Å². The van der Waals surface area contributed by atoms with Gasteiger partial charge in [-0.05, 0) is 29.7 Å². The first-order valence-electron chi connectivity index (χ1n) is 8.29. The van der Waals surface area contributed by atoms with Gasteiger partial charge in [-0.2, -0.15) is 0 Å². The Balaban J connectivity index is 1.91. The summed E-state index contributed by atoms with van der Waals surface area (Å²) in [7, 11) is -3.75. The number of benzene rings is 3. The van der Waals surface area contributed by atoms with Crippen LogP contribution in [0.4, 0.5) is 0 Å². The van der Waals surface area contributed by atoms with Crippen molar-refractivity contribution in [2.75, 3.05) is 13.2 Å². The fourth-order valence-corrected chi connectivity index (χ4v) is 4.71. The summed E-state index contributed by atoms with van der Waals surface area (Å²) in [6, 6.07) is 19.9. The molecule has 0 fully saturated rings. The molecule has 1 aromatic heterocycles. The number of nitrogens with zero attached hydrogens (tertiary/aromatic N) is 1. The van der Waals surface area contributed by atoms with Crippen molar-refractivity contribution in [3.8, 4) is 5.75 Å². The zero-order valence-corrected chi connectivity index (χ0v) is 14.8. The average Bonchev–Trinajstić information content (AvgIpc) is 3.11. The number of hydrogen-bond acceptors (Lipinski definition) is 4. The van der Waals surface area contributed by atoms with Crippen LogP contribution in [0, 0.1) is 0 Å². The maximum atomic E-state index is 13.4. The van der Waals surface area contributed by atoms with Gasteiger partial charge in [-0.3, -0.25) is 0 Å². The SMILES string of the molecule is NCCOc1cccc2c1ccn2S(=O)(=O)c1cccc2ccccc12. The van der Waals surface area contributed by atoms with E-state index >= 15 is 0 Å². The predicted molar refractivity (Wildman–Crippen MR) is 103 cm³/mol. The fourth-order valence-electron chi connectivity index (χ4n) is 3.15. The van der Waals surface area contributed by atoms with Crippen LogP contribution in [0.5, 0.6) is 5.75 Å². The van der Waals surface area contributed by atoms with Crippen molar-refractivity contribution in [2.45, 2.75) is 4.90 Å². The Hall–Kier alpha value is -2.83. The average molecular weight is 366 g/mol. The molecule has 0 aliphatic heterocycles. The van der Waals surface area contributed by atoms with E-state index in [1.165, 1.54) is 3.97 Å². The number of nitrogens with two attached hydrogens (primary N) is 1. The molecule has 132 valence electrons. The van der Waals surface area contributed by atoms with E-state index in [0.717, 1.165) is 10.8 Å². The molecule has 5 nitrogen and oxygen atoms in total.